The average molecular weight is 306 g/mol. The fraction of sp³-hybridized carbons (Fsp3) is 0.400. The first-order valence-corrected chi connectivity index (χ1v) is 7.12. The molecule has 7 heteroatoms. The number of aromatic nitrogens is 2. The lowest BCUT2D eigenvalue weighted by molar-refractivity contribution is -0.146. The Morgan fingerprint density at radius 3 is 2.73 bits per heavy atom. The number of amides is 1. The summed E-state index contributed by atoms with van der Waals surface area (Å²) in [5.41, 5.74) is 4.13. The number of alkyl halides is 2. The van der Waals surface area contributed by atoms with Crippen LogP contribution in [0.1, 0.15) is 25.7 Å². The van der Waals surface area contributed by atoms with E-state index in [9.17, 15) is 13.6 Å². The molecule has 116 valence electrons. The normalized spacial score (nSPS) is 24.1. The van der Waals surface area contributed by atoms with E-state index in [4.69, 9.17) is 5.73 Å². The number of rotatable bonds is 2. The van der Waals surface area contributed by atoms with Crippen molar-refractivity contribution in [3.05, 3.63) is 30.5 Å². The molecule has 0 radical (unpaired) electrons. The molecular formula is C15H16F2N4O. The summed E-state index contributed by atoms with van der Waals surface area (Å²) in [7, 11) is 0. The molecule has 0 aliphatic heterocycles. The van der Waals surface area contributed by atoms with Gasteiger partial charge in [0.15, 0.2) is 5.54 Å². The van der Waals surface area contributed by atoms with Gasteiger partial charge in [0, 0.05) is 18.0 Å². The van der Waals surface area contributed by atoms with Crippen LogP contribution in [0.3, 0.4) is 0 Å². The van der Waals surface area contributed by atoms with Crippen LogP contribution in [0, 0.1) is 0 Å². The number of fused-ring (bicyclic) bond motifs is 1. The molecule has 1 fully saturated rings. The molecule has 0 bridgehead atoms. The number of halogens is 2. The predicted molar refractivity (Wildman–Crippen MR) is 78.5 cm³/mol. The maximum Gasteiger partial charge on any atom is 0.274 e. The lowest BCUT2D eigenvalue weighted by Crippen LogP contribution is -2.64. The number of nitrogens with zero attached hydrogens (tertiary/aromatic N) is 2. The molecular weight excluding hydrogens is 290 g/mol. The minimum Gasteiger partial charge on any atom is -0.312 e. The van der Waals surface area contributed by atoms with Crippen LogP contribution in [0.4, 0.5) is 14.7 Å². The number of hydrogen-bond acceptors (Lipinski definition) is 4. The van der Waals surface area contributed by atoms with Crippen molar-refractivity contribution in [3.63, 3.8) is 0 Å². The van der Waals surface area contributed by atoms with Gasteiger partial charge in [-0.2, -0.15) is 0 Å². The minimum absolute atomic E-state index is 0.0186. The van der Waals surface area contributed by atoms with Crippen LogP contribution in [0.5, 0.6) is 0 Å². The second-order valence-corrected chi connectivity index (χ2v) is 5.59. The lowest BCUT2D eigenvalue weighted by Gasteiger charge is -2.38. The Bertz CT molecular complexity index is 722. The number of carbonyl (C=O) groups excluding carboxylic acids is 1. The van der Waals surface area contributed by atoms with Crippen LogP contribution >= 0.6 is 0 Å². The van der Waals surface area contributed by atoms with Crippen molar-refractivity contribution >= 4 is 22.8 Å². The largest absolute Gasteiger partial charge is 0.312 e. The second-order valence-electron chi connectivity index (χ2n) is 5.59. The molecule has 1 unspecified atom stereocenters. The van der Waals surface area contributed by atoms with Crippen molar-refractivity contribution in [2.75, 3.05) is 5.32 Å². The first-order chi connectivity index (χ1) is 10.4. The van der Waals surface area contributed by atoms with Gasteiger partial charge in [-0.3, -0.25) is 10.1 Å². The van der Waals surface area contributed by atoms with E-state index in [0.717, 1.165) is 5.39 Å². The molecule has 1 heterocycles. The highest BCUT2D eigenvalue weighted by atomic mass is 19.3. The summed E-state index contributed by atoms with van der Waals surface area (Å²) in [4.78, 5) is 20.4. The molecule has 3 rings (SSSR count). The van der Waals surface area contributed by atoms with E-state index in [1.54, 1.807) is 12.1 Å². The summed E-state index contributed by atoms with van der Waals surface area (Å²) in [6, 6.07) is 7.20. The number of para-hydroxylation sites is 1. The number of carbonyl (C=O) groups is 1. The molecule has 1 aromatic carbocycles. The maximum atomic E-state index is 14.0. The van der Waals surface area contributed by atoms with E-state index in [2.05, 4.69) is 15.3 Å². The van der Waals surface area contributed by atoms with Gasteiger partial charge in [0.25, 0.3) is 11.8 Å². The highest BCUT2D eigenvalue weighted by Crippen LogP contribution is 2.40. The Labute approximate surface area is 125 Å². The van der Waals surface area contributed by atoms with E-state index in [1.807, 2.05) is 12.1 Å². The molecule has 1 saturated carbocycles. The van der Waals surface area contributed by atoms with Crippen molar-refractivity contribution in [1.29, 1.82) is 0 Å². The molecule has 3 N–H and O–H groups in total. The monoisotopic (exact) mass is 306 g/mol. The summed E-state index contributed by atoms with van der Waals surface area (Å²) >= 11 is 0. The van der Waals surface area contributed by atoms with Crippen LogP contribution in [0.15, 0.2) is 30.5 Å². The second kappa shape index (κ2) is 5.24. The summed E-state index contributed by atoms with van der Waals surface area (Å²) in [6.45, 7) is 0. The summed E-state index contributed by atoms with van der Waals surface area (Å²) in [5, 5.41) is 3.13. The summed E-state index contributed by atoms with van der Waals surface area (Å²) < 4.78 is 28.1. The molecule has 1 aromatic heterocycles. The molecule has 1 atom stereocenters. The standard InChI is InChI=1S/C15H16F2N4O/c16-15(17)8-4-3-7-14(15,18)12(22)21-13-19-9-10-5-1-2-6-11(10)20-13/h1-2,5-6,9H,3-4,7-8,18H2,(H,19,20,21,22). The van der Waals surface area contributed by atoms with Gasteiger partial charge in [0.1, 0.15) is 0 Å². The highest BCUT2D eigenvalue weighted by molar-refractivity contribution is 5.98. The van der Waals surface area contributed by atoms with Crippen molar-refractivity contribution in [2.45, 2.75) is 37.1 Å². The summed E-state index contributed by atoms with van der Waals surface area (Å²) in [5.74, 6) is -4.19. The number of benzene rings is 1. The van der Waals surface area contributed by atoms with E-state index < -0.39 is 17.4 Å². The molecule has 5 nitrogen and oxygen atoms in total. The maximum absolute atomic E-state index is 14.0. The Hall–Kier alpha value is -2.15. The van der Waals surface area contributed by atoms with Gasteiger partial charge in [0.2, 0.25) is 5.95 Å². The Kier molecular flexibility index (Phi) is 3.52. The van der Waals surface area contributed by atoms with Crippen LogP contribution < -0.4 is 11.1 Å². The molecule has 0 saturated heterocycles. The average Bonchev–Trinajstić information content (AvgIpc) is 2.50. The van der Waals surface area contributed by atoms with Gasteiger partial charge in [-0.1, -0.05) is 24.6 Å². The van der Waals surface area contributed by atoms with Gasteiger partial charge in [-0.25, -0.2) is 18.7 Å². The summed E-state index contributed by atoms with van der Waals surface area (Å²) in [6.07, 6.45) is 1.96. The fourth-order valence-electron chi connectivity index (χ4n) is 2.68. The van der Waals surface area contributed by atoms with Gasteiger partial charge in [-0.15, -0.1) is 0 Å². The van der Waals surface area contributed by atoms with Gasteiger partial charge < -0.3 is 5.73 Å². The Morgan fingerprint density at radius 1 is 1.23 bits per heavy atom. The molecule has 1 amide bonds. The third kappa shape index (κ3) is 2.41. The third-order valence-corrected chi connectivity index (χ3v) is 4.08. The zero-order chi connectivity index (χ0) is 15.8. The van der Waals surface area contributed by atoms with Gasteiger partial charge in [0.05, 0.1) is 5.52 Å². The van der Waals surface area contributed by atoms with E-state index in [1.165, 1.54) is 6.20 Å². The van der Waals surface area contributed by atoms with Crippen molar-refractivity contribution in [2.24, 2.45) is 5.73 Å². The van der Waals surface area contributed by atoms with E-state index >= 15 is 0 Å². The number of nitrogens with two attached hydrogens (primary N) is 1. The Morgan fingerprint density at radius 2 is 1.95 bits per heavy atom. The van der Waals surface area contributed by atoms with Gasteiger partial charge in [-0.05, 0) is 18.9 Å². The van der Waals surface area contributed by atoms with Crippen molar-refractivity contribution in [1.82, 2.24) is 9.97 Å². The van der Waals surface area contributed by atoms with Crippen molar-refractivity contribution < 1.29 is 13.6 Å². The van der Waals surface area contributed by atoms with Crippen LogP contribution in [0.2, 0.25) is 0 Å². The topological polar surface area (TPSA) is 80.9 Å². The fourth-order valence-corrected chi connectivity index (χ4v) is 2.68. The third-order valence-electron chi connectivity index (χ3n) is 4.08. The highest BCUT2D eigenvalue weighted by Gasteiger charge is 2.57. The number of anilines is 1. The van der Waals surface area contributed by atoms with Gasteiger partial charge >= 0.3 is 0 Å². The molecule has 2 aromatic rings. The number of nitrogens with one attached hydrogen (secondary N) is 1. The van der Waals surface area contributed by atoms with Crippen LogP contribution in [-0.2, 0) is 4.79 Å². The molecule has 22 heavy (non-hydrogen) atoms. The quantitative estimate of drug-likeness (QED) is 0.893. The van der Waals surface area contributed by atoms with Crippen LogP contribution in [0.25, 0.3) is 10.9 Å². The predicted octanol–water partition coefficient (Wildman–Crippen LogP) is 2.48. The first-order valence-electron chi connectivity index (χ1n) is 7.12. The zero-order valence-electron chi connectivity index (χ0n) is 11.9. The van der Waals surface area contributed by atoms with E-state index in [-0.39, 0.29) is 18.8 Å². The zero-order valence-corrected chi connectivity index (χ0v) is 11.9. The molecule has 1 aliphatic rings. The van der Waals surface area contributed by atoms with Crippen molar-refractivity contribution in [3.8, 4) is 0 Å². The first kappa shape index (κ1) is 14.8. The van der Waals surface area contributed by atoms with Crippen LogP contribution in [-0.4, -0.2) is 27.3 Å². The van der Waals surface area contributed by atoms with E-state index in [0.29, 0.717) is 18.4 Å². The Balaban J connectivity index is 1.86. The molecule has 1 aliphatic carbocycles. The number of hydrogen-bond donors (Lipinski definition) is 2. The minimum atomic E-state index is -3.23. The smallest absolute Gasteiger partial charge is 0.274 e. The SMILES string of the molecule is NC1(C(=O)Nc2ncc3ccccc3n2)CCCCC1(F)F. The molecule has 0 spiro atoms. The lowest BCUT2D eigenvalue weighted by atomic mass is 9.78.